The number of hydrogen-bond acceptors (Lipinski definition) is 4. The number of aromatic nitrogens is 3. The van der Waals surface area contributed by atoms with E-state index in [0.29, 0.717) is 12.0 Å². The van der Waals surface area contributed by atoms with Crippen LogP contribution in [0.1, 0.15) is 41.9 Å². The van der Waals surface area contributed by atoms with Gasteiger partial charge < -0.3 is 0 Å². The van der Waals surface area contributed by atoms with Gasteiger partial charge in [-0.05, 0) is 6.42 Å². The van der Waals surface area contributed by atoms with Crippen molar-refractivity contribution >= 4 is 11.4 Å². The summed E-state index contributed by atoms with van der Waals surface area (Å²) in [6, 6.07) is 1.93. The Labute approximate surface area is 103 Å². The van der Waals surface area contributed by atoms with E-state index >= 15 is 0 Å². The number of carbonyl (C=O) groups is 1. The third-order valence-electron chi connectivity index (χ3n) is 2.81. The summed E-state index contributed by atoms with van der Waals surface area (Å²) in [4.78, 5) is 28.1. The number of Topliss-reactive ketones (excluding diaryl/α,β-unsaturated/α-hetero) is 1. The number of fused-ring (bicyclic) bond motifs is 1. The average Bonchev–Trinajstić information content (AvgIpc) is 2.80. The van der Waals surface area contributed by atoms with E-state index in [2.05, 4.69) is 10.1 Å². The standard InChI is InChI=1S/C12H12N4O2/c1-3-8-10(9(17)4-2)15-11-7(5-13)6-14-16(11)12(8)18/h6,14H,3-4H2,1-2H3. The molecule has 0 fully saturated rings. The Bertz CT molecular complexity index is 718. The number of nitrogens with one attached hydrogen (secondary N) is 1. The Morgan fingerprint density at radius 1 is 1.56 bits per heavy atom. The number of aromatic amines is 1. The Morgan fingerprint density at radius 2 is 2.28 bits per heavy atom. The SMILES string of the molecule is CCC(=O)c1nc2c(C#N)c[nH]n2c(=O)c1CC. The molecule has 0 aliphatic carbocycles. The molecule has 2 aromatic heterocycles. The number of carbonyl (C=O) groups excluding carboxylic acids is 1. The fraction of sp³-hybridized carbons (Fsp3) is 0.333. The molecule has 0 aliphatic heterocycles. The fourth-order valence-electron chi connectivity index (χ4n) is 1.85. The van der Waals surface area contributed by atoms with E-state index in [-0.39, 0.29) is 34.7 Å². The zero-order valence-corrected chi connectivity index (χ0v) is 10.1. The van der Waals surface area contributed by atoms with Crippen LogP contribution in [0.4, 0.5) is 0 Å². The Balaban J connectivity index is 2.90. The van der Waals surface area contributed by atoms with E-state index < -0.39 is 0 Å². The minimum atomic E-state index is -0.319. The predicted molar refractivity (Wildman–Crippen MR) is 64.5 cm³/mol. The Morgan fingerprint density at radius 3 is 2.83 bits per heavy atom. The first kappa shape index (κ1) is 12.0. The molecule has 92 valence electrons. The lowest BCUT2D eigenvalue weighted by atomic mass is 10.1. The maximum Gasteiger partial charge on any atom is 0.276 e. The third kappa shape index (κ3) is 1.61. The summed E-state index contributed by atoms with van der Waals surface area (Å²) >= 11 is 0. The summed E-state index contributed by atoms with van der Waals surface area (Å²) < 4.78 is 1.20. The number of H-pyrrole nitrogens is 1. The minimum Gasteiger partial charge on any atom is -0.295 e. The van der Waals surface area contributed by atoms with Crippen molar-refractivity contribution in [1.82, 2.24) is 14.6 Å². The second-order valence-electron chi connectivity index (χ2n) is 3.83. The predicted octanol–water partition coefficient (Wildman–Crippen LogP) is 1.05. The van der Waals surface area contributed by atoms with Crippen molar-refractivity contribution in [3.8, 4) is 6.07 Å². The first-order valence-corrected chi connectivity index (χ1v) is 5.70. The molecule has 6 nitrogen and oxygen atoms in total. The number of nitriles is 1. The minimum absolute atomic E-state index is 0.182. The van der Waals surface area contributed by atoms with Gasteiger partial charge in [-0.25, -0.2) is 9.50 Å². The molecule has 0 saturated carbocycles. The molecule has 0 aliphatic rings. The van der Waals surface area contributed by atoms with Crippen LogP contribution in [-0.4, -0.2) is 20.4 Å². The highest BCUT2D eigenvalue weighted by Gasteiger charge is 2.18. The van der Waals surface area contributed by atoms with Crippen LogP contribution in [0.15, 0.2) is 11.0 Å². The number of hydrogen-bond donors (Lipinski definition) is 1. The fourth-order valence-corrected chi connectivity index (χ4v) is 1.85. The van der Waals surface area contributed by atoms with Crippen LogP contribution >= 0.6 is 0 Å². The topological polar surface area (TPSA) is 91.0 Å². The van der Waals surface area contributed by atoms with Crippen LogP contribution < -0.4 is 5.56 Å². The van der Waals surface area contributed by atoms with Gasteiger partial charge in [0.05, 0.1) is 0 Å². The first-order chi connectivity index (χ1) is 8.63. The third-order valence-corrected chi connectivity index (χ3v) is 2.81. The summed E-state index contributed by atoms with van der Waals surface area (Å²) in [5.74, 6) is -0.184. The van der Waals surface area contributed by atoms with Gasteiger partial charge in [-0.1, -0.05) is 13.8 Å². The van der Waals surface area contributed by atoms with Crippen molar-refractivity contribution in [2.75, 3.05) is 0 Å². The van der Waals surface area contributed by atoms with Crippen molar-refractivity contribution in [3.63, 3.8) is 0 Å². The van der Waals surface area contributed by atoms with Crippen molar-refractivity contribution in [2.24, 2.45) is 0 Å². The van der Waals surface area contributed by atoms with Gasteiger partial charge >= 0.3 is 0 Å². The summed E-state index contributed by atoms with van der Waals surface area (Å²) in [5.41, 5.74) is 0.698. The van der Waals surface area contributed by atoms with Crippen LogP contribution in [0.2, 0.25) is 0 Å². The molecule has 18 heavy (non-hydrogen) atoms. The van der Waals surface area contributed by atoms with Gasteiger partial charge in [0.25, 0.3) is 5.56 Å². The van der Waals surface area contributed by atoms with Gasteiger partial charge in [0.2, 0.25) is 0 Å². The normalized spacial score (nSPS) is 10.5. The molecule has 0 bridgehead atoms. The van der Waals surface area contributed by atoms with E-state index in [1.54, 1.807) is 13.8 Å². The van der Waals surface area contributed by atoms with Crippen LogP contribution in [0.3, 0.4) is 0 Å². The quantitative estimate of drug-likeness (QED) is 0.817. The van der Waals surface area contributed by atoms with E-state index in [1.165, 1.54) is 10.7 Å². The zero-order valence-electron chi connectivity index (χ0n) is 10.1. The summed E-state index contributed by atoms with van der Waals surface area (Å²) in [5, 5.41) is 11.6. The van der Waals surface area contributed by atoms with Crippen molar-refractivity contribution < 1.29 is 4.79 Å². The number of nitrogens with zero attached hydrogens (tertiary/aromatic N) is 3. The van der Waals surface area contributed by atoms with Crippen LogP contribution in [-0.2, 0) is 6.42 Å². The number of rotatable bonds is 3. The maximum absolute atomic E-state index is 12.2. The van der Waals surface area contributed by atoms with E-state index in [1.807, 2.05) is 6.07 Å². The highest BCUT2D eigenvalue weighted by atomic mass is 16.1. The summed E-state index contributed by atoms with van der Waals surface area (Å²) in [6.07, 6.45) is 2.11. The molecule has 0 aromatic carbocycles. The first-order valence-electron chi connectivity index (χ1n) is 5.70. The molecule has 0 radical (unpaired) electrons. The van der Waals surface area contributed by atoms with Gasteiger partial charge in [-0.15, -0.1) is 0 Å². The van der Waals surface area contributed by atoms with E-state index in [4.69, 9.17) is 5.26 Å². The highest BCUT2D eigenvalue weighted by molar-refractivity contribution is 5.95. The molecule has 0 spiro atoms. The molecule has 0 amide bonds. The van der Waals surface area contributed by atoms with Gasteiger partial charge in [-0.3, -0.25) is 14.7 Å². The molecule has 2 heterocycles. The Hall–Kier alpha value is -2.42. The average molecular weight is 244 g/mol. The lowest BCUT2D eigenvalue weighted by Crippen LogP contribution is -2.24. The van der Waals surface area contributed by atoms with Gasteiger partial charge in [0.1, 0.15) is 17.3 Å². The molecule has 2 rings (SSSR count). The largest absolute Gasteiger partial charge is 0.295 e. The summed E-state index contributed by atoms with van der Waals surface area (Å²) in [7, 11) is 0. The molecular formula is C12H12N4O2. The second-order valence-corrected chi connectivity index (χ2v) is 3.83. The molecule has 0 saturated heterocycles. The lowest BCUT2D eigenvalue weighted by Gasteiger charge is -2.05. The van der Waals surface area contributed by atoms with Gasteiger partial charge in [-0.2, -0.15) is 5.26 Å². The van der Waals surface area contributed by atoms with Crippen LogP contribution in [0, 0.1) is 11.3 Å². The zero-order chi connectivity index (χ0) is 13.3. The monoisotopic (exact) mass is 244 g/mol. The van der Waals surface area contributed by atoms with Crippen LogP contribution in [0.25, 0.3) is 5.65 Å². The molecule has 6 heteroatoms. The maximum atomic E-state index is 12.2. The van der Waals surface area contributed by atoms with E-state index in [9.17, 15) is 9.59 Å². The molecule has 0 atom stereocenters. The van der Waals surface area contributed by atoms with Crippen LogP contribution in [0.5, 0.6) is 0 Å². The van der Waals surface area contributed by atoms with Crippen molar-refractivity contribution in [3.05, 3.63) is 33.4 Å². The van der Waals surface area contributed by atoms with Crippen molar-refractivity contribution in [2.45, 2.75) is 26.7 Å². The van der Waals surface area contributed by atoms with E-state index in [0.717, 1.165) is 0 Å². The second kappa shape index (κ2) is 4.45. The smallest absolute Gasteiger partial charge is 0.276 e. The highest BCUT2D eigenvalue weighted by Crippen LogP contribution is 2.10. The number of ketones is 1. The lowest BCUT2D eigenvalue weighted by molar-refractivity contribution is 0.0982. The van der Waals surface area contributed by atoms with Gasteiger partial charge in [0.15, 0.2) is 11.4 Å². The molecule has 0 unspecified atom stereocenters. The summed E-state index contributed by atoms with van der Waals surface area (Å²) in [6.45, 7) is 3.51. The molecule has 2 aromatic rings. The molecular weight excluding hydrogens is 232 g/mol. The Kier molecular flexibility index (Phi) is 2.98. The molecule has 1 N–H and O–H groups in total. The van der Waals surface area contributed by atoms with Crippen molar-refractivity contribution in [1.29, 1.82) is 5.26 Å². The van der Waals surface area contributed by atoms with Gasteiger partial charge in [0, 0.05) is 18.2 Å².